The third kappa shape index (κ3) is 2.80. The summed E-state index contributed by atoms with van der Waals surface area (Å²) in [6.45, 7) is 2.94. The molecule has 112 valence electrons. The van der Waals surface area contributed by atoms with Crippen LogP contribution < -0.4 is 0 Å². The minimum atomic E-state index is 0.331. The van der Waals surface area contributed by atoms with E-state index in [1.807, 2.05) is 29.8 Å². The Labute approximate surface area is 132 Å². The van der Waals surface area contributed by atoms with Crippen molar-refractivity contribution in [3.8, 4) is 10.7 Å². The van der Waals surface area contributed by atoms with Crippen LogP contribution in [-0.2, 0) is 6.54 Å². The van der Waals surface area contributed by atoms with E-state index in [0.717, 1.165) is 36.8 Å². The lowest BCUT2D eigenvalue weighted by atomic mass is 10.1. The second-order valence-electron chi connectivity index (χ2n) is 5.52. The van der Waals surface area contributed by atoms with E-state index in [4.69, 9.17) is 4.52 Å². The van der Waals surface area contributed by atoms with Gasteiger partial charge in [-0.3, -0.25) is 9.88 Å². The molecule has 0 bridgehead atoms. The first-order valence-corrected chi connectivity index (χ1v) is 8.25. The van der Waals surface area contributed by atoms with Gasteiger partial charge in [-0.1, -0.05) is 17.3 Å². The zero-order valence-corrected chi connectivity index (χ0v) is 12.9. The zero-order chi connectivity index (χ0) is 14.8. The van der Waals surface area contributed by atoms with Gasteiger partial charge in [0.05, 0.1) is 10.8 Å². The first kappa shape index (κ1) is 13.6. The summed E-state index contributed by atoms with van der Waals surface area (Å²) < 4.78 is 5.48. The molecule has 1 aliphatic heterocycles. The summed E-state index contributed by atoms with van der Waals surface area (Å²) in [5.74, 6) is 1.80. The molecule has 1 unspecified atom stereocenters. The van der Waals surface area contributed by atoms with E-state index in [-0.39, 0.29) is 0 Å². The Bertz CT molecular complexity index is 726. The second-order valence-corrected chi connectivity index (χ2v) is 6.46. The molecular formula is C16H16N4OS. The van der Waals surface area contributed by atoms with Crippen molar-refractivity contribution in [1.29, 1.82) is 0 Å². The molecule has 3 aromatic heterocycles. The molecule has 0 aromatic carbocycles. The maximum Gasteiger partial charge on any atom is 0.231 e. The Morgan fingerprint density at radius 2 is 2.32 bits per heavy atom. The minimum absolute atomic E-state index is 0.331. The Balaban J connectivity index is 1.42. The Morgan fingerprint density at radius 3 is 3.14 bits per heavy atom. The SMILES string of the molecule is c1cncc(CN2CCC(c3nc(-c4cccs4)no3)C2)c1. The molecule has 0 spiro atoms. The lowest BCUT2D eigenvalue weighted by Gasteiger charge is -2.14. The van der Waals surface area contributed by atoms with Gasteiger partial charge >= 0.3 is 0 Å². The molecule has 0 aliphatic carbocycles. The number of thiophene rings is 1. The van der Waals surface area contributed by atoms with Gasteiger partial charge in [0.25, 0.3) is 0 Å². The van der Waals surface area contributed by atoms with Gasteiger partial charge in [0.2, 0.25) is 11.7 Å². The summed E-state index contributed by atoms with van der Waals surface area (Å²) in [4.78, 5) is 12.2. The maximum atomic E-state index is 5.48. The largest absolute Gasteiger partial charge is 0.339 e. The number of likely N-dealkylation sites (tertiary alicyclic amines) is 1. The monoisotopic (exact) mass is 312 g/mol. The van der Waals surface area contributed by atoms with Crippen LogP contribution in [0.4, 0.5) is 0 Å². The van der Waals surface area contributed by atoms with Gasteiger partial charge in [-0.25, -0.2) is 0 Å². The van der Waals surface area contributed by atoms with E-state index >= 15 is 0 Å². The van der Waals surface area contributed by atoms with Crippen molar-refractivity contribution in [3.05, 3.63) is 53.5 Å². The first-order valence-electron chi connectivity index (χ1n) is 7.37. The summed E-state index contributed by atoms with van der Waals surface area (Å²) in [5.41, 5.74) is 1.24. The summed E-state index contributed by atoms with van der Waals surface area (Å²) in [6.07, 6.45) is 4.79. The highest BCUT2D eigenvalue weighted by Crippen LogP contribution is 2.29. The van der Waals surface area contributed by atoms with Crippen LogP contribution in [0.1, 0.15) is 23.8 Å². The summed E-state index contributed by atoms with van der Waals surface area (Å²) in [7, 11) is 0. The molecular weight excluding hydrogens is 296 g/mol. The molecule has 1 aliphatic rings. The Morgan fingerprint density at radius 1 is 1.32 bits per heavy atom. The van der Waals surface area contributed by atoms with Crippen molar-refractivity contribution < 1.29 is 4.52 Å². The van der Waals surface area contributed by atoms with Crippen LogP contribution in [0.5, 0.6) is 0 Å². The highest BCUT2D eigenvalue weighted by atomic mass is 32.1. The number of nitrogens with zero attached hydrogens (tertiary/aromatic N) is 4. The Hall–Kier alpha value is -2.05. The van der Waals surface area contributed by atoms with E-state index in [1.54, 1.807) is 17.5 Å². The van der Waals surface area contributed by atoms with Crippen molar-refractivity contribution in [2.45, 2.75) is 18.9 Å². The number of pyridine rings is 1. The number of hydrogen-bond donors (Lipinski definition) is 0. The van der Waals surface area contributed by atoms with E-state index in [1.165, 1.54) is 5.56 Å². The molecule has 1 atom stereocenters. The highest BCUT2D eigenvalue weighted by molar-refractivity contribution is 7.13. The molecule has 4 heterocycles. The van der Waals surface area contributed by atoms with Crippen LogP contribution in [0, 0.1) is 0 Å². The maximum absolute atomic E-state index is 5.48. The average molecular weight is 312 g/mol. The summed E-state index contributed by atoms with van der Waals surface area (Å²) in [5, 5.41) is 6.13. The van der Waals surface area contributed by atoms with Gasteiger partial charge in [0, 0.05) is 25.5 Å². The van der Waals surface area contributed by atoms with Crippen LogP contribution in [0.3, 0.4) is 0 Å². The fraction of sp³-hybridized carbons (Fsp3) is 0.312. The molecule has 0 radical (unpaired) electrons. The lowest BCUT2D eigenvalue weighted by molar-refractivity contribution is 0.309. The summed E-state index contributed by atoms with van der Waals surface area (Å²) >= 11 is 1.63. The Kier molecular flexibility index (Phi) is 3.70. The third-order valence-electron chi connectivity index (χ3n) is 3.93. The minimum Gasteiger partial charge on any atom is -0.339 e. The second kappa shape index (κ2) is 5.98. The van der Waals surface area contributed by atoms with E-state index in [0.29, 0.717) is 11.7 Å². The van der Waals surface area contributed by atoms with Crippen LogP contribution >= 0.6 is 11.3 Å². The van der Waals surface area contributed by atoms with E-state index in [9.17, 15) is 0 Å². The van der Waals surface area contributed by atoms with Crippen molar-refractivity contribution in [1.82, 2.24) is 20.0 Å². The molecule has 5 nitrogen and oxygen atoms in total. The van der Waals surface area contributed by atoms with Crippen molar-refractivity contribution in [3.63, 3.8) is 0 Å². The van der Waals surface area contributed by atoms with Crippen LogP contribution in [0.25, 0.3) is 10.7 Å². The van der Waals surface area contributed by atoms with Gasteiger partial charge in [-0.05, 0) is 36.0 Å². The standard InChI is InChI=1S/C16H16N4OS/c1-3-12(9-17-6-1)10-20-7-5-13(11-20)16-18-15(19-21-16)14-4-2-8-22-14/h1-4,6,8-9,13H,5,7,10-11H2. The van der Waals surface area contributed by atoms with Gasteiger partial charge in [0.1, 0.15) is 0 Å². The van der Waals surface area contributed by atoms with E-state index < -0.39 is 0 Å². The van der Waals surface area contributed by atoms with Gasteiger partial charge in [0.15, 0.2) is 0 Å². The van der Waals surface area contributed by atoms with Crippen molar-refractivity contribution in [2.75, 3.05) is 13.1 Å². The fourth-order valence-electron chi connectivity index (χ4n) is 2.83. The normalized spacial score (nSPS) is 18.8. The first-order chi connectivity index (χ1) is 10.9. The third-order valence-corrected chi connectivity index (χ3v) is 4.80. The molecule has 4 rings (SSSR count). The molecule has 0 amide bonds. The predicted molar refractivity (Wildman–Crippen MR) is 84.5 cm³/mol. The van der Waals surface area contributed by atoms with Gasteiger partial charge in [-0.15, -0.1) is 11.3 Å². The van der Waals surface area contributed by atoms with Crippen LogP contribution in [0.15, 0.2) is 46.6 Å². The molecule has 22 heavy (non-hydrogen) atoms. The van der Waals surface area contributed by atoms with Crippen LogP contribution in [0.2, 0.25) is 0 Å². The van der Waals surface area contributed by atoms with Crippen molar-refractivity contribution >= 4 is 11.3 Å². The predicted octanol–water partition coefficient (Wildman–Crippen LogP) is 3.18. The topological polar surface area (TPSA) is 55.1 Å². The molecule has 0 N–H and O–H groups in total. The number of aromatic nitrogens is 3. The quantitative estimate of drug-likeness (QED) is 0.740. The fourth-order valence-corrected chi connectivity index (χ4v) is 3.48. The van der Waals surface area contributed by atoms with Crippen LogP contribution in [-0.4, -0.2) is 33.1 Å². The number of hydrogen-bond acceptors (Lipinski definition) is 6. The lowest BCUT2D eigenvalue weighted by Crippen LogP contribution is -2.19. The van der Waals surface area contributed by atoms with Gasteiger partial charge in [-0.2, -0.15) is 4.98 Å². The molecule has 6 heteroatoms. The number of rotatable bonds is 4. The highest BCUT2D eigenvalue weighted by Gasteiger charge is 2.28. The summed E-state index contributed by atoms with van der Waals surface area (Å²) in [6, 6.07) is 8.11. The zero-order valence-electron chi connectivity index (χ0n) is 12.1. The van der Waals surface area contributed by atoms with Gasteiger partial charge < -0.3 is 4.52 Å². The molecule has 0 saturated carbocycles. The molecule has 1 fully saturated rings. The smallest absolute Gasteiger partial charge is 0.231 e. The van der Waals surface area contributed by atoms with Crippen molar-refractivity contribution in [2.24, 2.45) is 0 Å². The average Bonchev–Trinajstić information content (AvgIpc) is 3.29. The molecule has 1 saturated heterocycles. The van der Waals surface area contributed by atoms with E-state index in [2.05, 4.69) is 26.1 Å². The molecule has 3 aromatic rings.